The largest absolute Gasteiger partial charge is 0.356 e. The maximum Gasteiger partial charge on any atom is 0.132 e. The second kappa shape index (κ2) is 5.48. The molecule has 0 N–H and O–H groups in total. The van der Waals surface area contributed by atoms with Crippen LogP contribution in [0.25, 0.3) is 0 Å². The fourth-order valence-corrected chi connectivity index (χ4v) is 2.99. The number of nitrogens with zero attached hydrogens (tertiary/aromatic N) is 2. The van der Waals surface area contributed by atoms with Crippen molar-refractivity contribution in [3.05, 3.63) is 23.9 Å². The molecule has 0 bridgehead atoms. The number of anilines is 1. The van der Waals surface area contributed by atoms with Gasteiger partial charge in [-0.2, -0.15) is 0 Å². The van der Waals surface area contributed by atoms with E-state index in [-0.39, 0.29) is 0 Å². The first-order chi connectivity index (χ1) is 8.52. The van der Waals surface area contributed by atoms with E-state index in [0.29, 0.717) is 11.3 Å². The topological polar surface area (TPSA) is 16.1 Å². The first-order valence-electron chi connectivity index (χ1n) is 6.77. The normalized spacial score (nSPS) is 18.1. The summed E-state index contributed by atoms with van der Waals surface area (Å²) >= 11 is 5.99. The van der Waals surface area contributed by atoms with Gasteiger partial charge in [0.05, 0.1) is 5.88 Å². The van der Waals surface area contributed by atoms with Crippen molar-refractivity contribution in [1.29, 1.82) is 0 Å². The Morgan fingerprint density at radius 3 is 2.56 bits per heavy atom. The van der Waals surface area contributed by atoms with Crippen molar-refractivity contribution in [2.24, 2.45) is 11.3 Å². The van der Waals surface area contributed by atoms with Gasteiger partial charge in [-0.15, -0.1) is 11.6 Å². The van der Waals surface area contributed by atoms with E-state index < -0.39 is 0 Å². The third-order valence-corrected chi connectivity index (χ3v) is 4.32. The Labute approximate surface area is 115 Å². The zero-order chi connectivity index (χ0) is 13.2. The van der Waals surface area contributed by atoms with Crippen LogP contribution in [0.1, 0.15) is 39.2 Å². The predicted molar refractivity (Wildman–Crippen MR) is 78.2 cm³/mol. The molecular weight excluding hydrogens is 244 g/mol. The molecule has 1 aliphatic rings. The van der Waals surface area contributed by atoms with E-state index in [2.05, 4.69) is 36.7 Å². The summed E-state index contributed by atoms with van der Waals surface area (Å²) in [5, 5.41) is 0. The summed E-state index contributed by atoms with van der Waals surface area (Å²) in [4.78, 5) is 6.89. The lowest BCUT2D eigenvalue weighted by Gasteiger charge is -2.39. The third-order valence-electron chi connectivity index (χ3n) is 4.03. The van der Waals surface area contributed by atoms with Crippen LogP contribution in [0.4, 0.5) is 5.82 Å². The van der Waals surface area contributed by atoms with Crippen molar-refractivity contribution in [2.45, 2.75) is 39.5 Å². The molecule has 0 atom stereocenters. The van der Waals surface area contributed by atoms with E-state index in [9.17, 15) is 0 Å². The van der Waals surface area contributed by atoms with Gasteiger partial charge in [-0.3, -0.25) is 0 Å². The molecule has 1 aromatic rings. The highest BCUT2D eigenvalue weighted by Gasteiger charge is 2.29. The van der Waals surface area contributed by atoms with Crippen molar-refractivity contribution in [2.75, 3.05) is 18.0 Å². The summed E-state index contributed by atoms with van der Waals surface area (Å²) in [5.74, 6) is 2.44. The van der Waals surface area contributed by atoms with Crippen molar-refractivity contribution in [3.8, 4) is 0 Å². The quantitative estimate of drug-likeness (QED) is 0.750. The first kappa shape index (κ1) is 13.7. The van der Waals surface area contributed by atoms with Crippen molar-refractivity contribution >= 4 is 17.4 Å². The van der Waals surface area contributed by atoms with E-state index in [1.54, 1.807) is 0 Å². The minimum atomic E-state index is 0.422. The molecule has 0 saturated carbocycles. The monoisotopic (exact) mass is 266 g/mol. The average molecular weight is 267 g/mol. The zero-order valence-corrected chi connectivity index (χ0v) is 12.4. The lowest BCUT2D eigenvalue weighted by atomic mass is 9.75. The number of alkyl halides is 1. The molecule has 0 radical (unpaired) electrons. The number of hydrogen-bond donors (Lipinski definition) is 0. The van der Waals surface area contributed by atoms with E-state index >= 15 is 0 Å². The fraction of sp³-hybridized carbons (Fsp3) is 0.667. The summed E-state index contributed by atoms with van der Waals surface area (Å²) in [7, 11) is 0. The molecule has 18 heavy (non-hydrogen) atoms. The molecule has 0 unspecified atom stereocenters. The molecule has 1 saturated heterocycles. The van der Waals surface area contributed by atoms with E-state index in [4.69, 9.17) is 11.6 Å². The Bertz CT molecular complexity index is 390. The number of piperidine rings is 1. The maximum absolute atomic E-state index is 5.99. The summed E-state index contributed by atoms with van der Waals surface area (Å²) in [6.07, 6.45) is 4.37. The van der Waals surface area contributed by atoms with Gasteiger partial charge in [0.15, 0.2) is 0 Å². The molecule has 1 fully saturated rings. The second-order valence-electron chi connectivity index (χ2n) is 6.25. The molecule has 0 aliphatic carbocycles. The predicted octanol–water partition coefficient (Wildman–Crippen LogP) is 4.08. The lowest BCUT2D eigenvalue weighted by Crippen LogP contribution is -2.38. The lowest BCUT2D eigenvalue weighted by molar-refractivity contribution is 0.198. The number of hydrogen-bond acceptors (Lipinski definition) is 2. The summed E-state index contributed by atoms with van der Waals surface area (Å²) < 4.78 is 0. The van der Waals surface area contributed by atoms with Gasteiger partial charge in [0.1, 0.15) is 5.82 Å². The molecule has 2 rings (SSSR count). The molecule has 2 heterocycles. The van der Waals surface area contributed by atoms with Crippen LogP contribution in [0.5, 0.6) is 0 Å². The van der Waals surface area contributed by atoms with Crippen LogP contribution in [0.15, 0.2) is 18.3 Å². The third kappa shape index (κ3) is 2.97. The zero-order valence-electron chi connectivity index (χ0n) is 11.6. The van der Waals surface area contributed by atoms with Crippen LogP contribution in [-0.4, -0.2) is 18.1 Å². The molecule has 0 aromatic carbocycles. The average Bonchev–Trinajstić information content (AvgIpc) is 2.38. The first-order valence-corrected chi connectivity index (χ1v) is 7.30. The van der Waals surface area contributed by atoms with Gasteiger partial charge >= 0.3 is 0 Å². The highest BCUT2D eigenvalue weighted by Crippen LogP contribution is 2.35. The highest BCUT2D eigenvalue weighted by atomic mass is 35.5. The maximum atomic E-state index is 5.99. The molecule has 0 amide bonds. The van der Waals surface area contributed by atoms with Crippen LogP contribution >= 0.6 is 11.6 Å². The van der Waals surface area contributed by atoms with Gasteiger partial charge in [0.2, 0.25) is 0 Å². The molecule has 1 aromatic heterocycles. The Kier molecular flexibility index (Phi) is 4.16. The minimum Gasteiger partial charge on any atom is -0.356 e. The van der Waals surface area contributed by atoms with E-state index in [1.165, 1.54) is 12.8 Å². The van der Waals surface area contributed by atoms with Gasteiger partial charge in [-0.05, 0) is 30.2 Å². The molecule has 2 nitrogen and oxygen atoms in total. The Balaban J connectivity index is 2.06. The Hall–Kier alpha value is -0.760. The van der Waals surface area contributed by atoms with Crippen LogP contribution in [0.3, 0.4) is 0 Å². The number of pyridine rings is 1. The van der Waals surface area contributed by atoms with Crippen LogP contribution < -0.4 is 4.90 Å². The van der Waals surface area contributed by atoms with Gasteiger partial charge in [0, 0.05) is 24.8 Å². The number of halogens is 1. The van der Waals surface area contributed by atoms with Crippen LogP contribution in [-0.2, 0) is 5.88 Å². The molecule has 1 aliphatic heterocycles. The van der Waals surface area contributed by atoms with E-state index in [1.807, 2.05) is 12.3 Å². The summed E-state index contributed by atoms with van der Waals surface area (Å²) in [6.45, 7) is 9.24. The highest BCUT2D eigenvalue weighted by molar-refractivity contribution is 6.17. The minimum absolute atomic E-state index is 0.422. The molecule has 100 valence electrons. The summed E-state index contributed by atoms with van der Waals surface area (Å²) in [5.41, 5.74) is 1.57. The number of rotatable bonds is 2. The van der Waals surface area contributed by atoms with Gasteiger partial charge in [-0.25, -0.2) is 4.98 Å². The molecule has 0 spiro atoms. The SMILES string of the molecule is CC(C)(C)C1CCN(c2ncccc2CCl)CC1. The van der Waals surface area contributed by atoms with Crippen molar-refractivity contribution < 1.29 is 0 Å². The van der Waals surface area contributed by atoms with Crippen molar-refractivity contribution in [1.82, 2.24) is 4.98 Å². The standard InChI is InChI=1S/C15H23ClN2/c1-15(2,3)13-6-9-18(10-7-13)14-12(11-16)5-4-8-17-14/h4-5,8,13H,6-7,9-11H2,1-3H3. The molecular formula is C15H23ClN2. The summed E-state index contributed by atoms with van der Waals surface area (Å²) in [6, 6.07) is 4.04. The Morgan fingerprint density at radius 2 is 2.00 bits per heavy atom. The van der Waals surface area contributed by atoms with Gasteiger partial charge in [-0.1, -0.05) is 26.8 Å². The second-order valence-corrected chi connectivity index (χ2v) is 6.51. The fourth-order valence-electron chi connectivity index (χ4n) is 2.78. The van der Waals surface area contributed by atoms with Crippen LogP contribution in [0.2, 0.25) is 0 Å². The van der Waals surface area contributed by atoms with Gasteiger partial charge in [0.25, 0.3) is 0 Å². The van der Waals surface area contributed by atoms with Gasteiger partial charge < -0.3 is 4.90 Å². The smallest absolute Gasteiger partial charge is 0.132 e. The van der Waals surface area contributed by atoms with Crippen molar-refractivity contribution in [3.63, 3.8) is 0 Å². The Morgan fingerprint density at radius 1 is 1.33 bits per heavy atom. The molecule has 3 heteroatoms. The number of aromatic nitrogens is 1. The van der Waals surface area contributed by atoms with Crippen LogP contribution in [0, 0.1) is 11.3 Å². The van der Waals surface area contributed by atoms with E-state index in [0.717, 1.165) is 30.4 Å².